The number of ether oxygens (including phenoxy) is 1. The first-order valence-corrected chi connectivity index (χ1v) is 10.4. The van der Waals surface area contributed by atoms with Crippen molar-refractivity contribution >= 4 is 29.0 Å². The van der Waals surface area contributed by atoms with Crippen LogP contribution in [0.1, 0.15) is 46.6 Å². The van der Waals surface area contributed by atoms with Gasteiger partial charge in [-0.15, -0.1) is 11.3 Å². The van der Waals surface area contributed by atoms with Gasteiger partial charge in [0.05, 0.1) is 17.9 Å². The number of urea groups is 1. The molecule has 0 fully saturated rings. The smallest absolute Gasteiger partial charge is 0.340 e. The van der Waals surface area contributed by atoms with Crippen LogP contribution in [0.4, 0.5) is 10.5 Å². The first-order chi connectivity index (χ1) is 13.1. The summed E-state index contributed by atoms with van der Waals surface area (Å²) in [7, 11) is 0. The van der Waals surface area contributed by atoms with Crippen molar-refractivity contribution in [3.05, 3.63) is 51.2 Å². The molecule has 0 spiro atoms. The summed E-state index contributed by atoms with van der Waals surface area (Å²) >= 11 is 1.85. The van der Waals surface area contributed by atoms with E-state index in [1.807, 2.05) is 11.3 Å². The van der Waals surface area contributed by atoms with E-state index in [0.29, 0.717) is 24.4 Å². The SMILES string of the molecule is CCOC(=O)c1ccccc1NC(=O)NCCc1csc2c1CC[C@H](C)C2. The Morgan fingerprint density at radius 3 is 2.93 bits per heavy atom. The predicted molar refractivity (Wildman–Crippen MR) is 109 cm³/mol. The van der Waals surface area contributed by atoms with Crippen LogP contribution in [0.25, 0.3) is 0 Å². The number of anilines is 1. The summed E-state index contributed by atoms with van der Waals surface area (Å²) in [5.74, 6) is 0.333. The molecular weight excluding hydrogens is 360 g/mol. The Balaban J connectivity index is 1.53. The molecule has 1 heterocycles. The van der Waals surface area contributed by atoms with Crippen LogP contribution in [-0.4, -0.2) is 25.2 Å². The summed E-state index contributed by atoms with van der Waals surface area (Å²) in [4.78, 5) is 25.7. The number of carbonyl (C=O) groups excluding carboxylic acids is 2. The molecular formula is C21H26N2O3S. The molecule has 6 heteroatoms. The van der Waals surface area contributed by atoms with E-state index in [1.165, 1.54) is 28.8 Å². The average Bonchev–Trinajstić information content (AvgIpc) is 3.04. The highest BCUT2D eigenvalue weighted by Gasteiger charge is 2.20. The van der Waals surface area contributed by atoms with Gasteiger partial charge in [0.25, 0.3) is 0 Å². The lowest BCUT2D eigenvalue weighted by molar-refractivity contribution is 0.0527. The zero-order chi connectivity index (χ0) is 19.2. The molecule has 0 radical (unpaired) electrons. The normalized spacial score (nSPS) is 15.7. The Hall–Kier alpha value is -2.34. The summed E-state index contributed by atoms with van der Waals surface area (Å²) in [6.45, 7) is 4.92. The van der Waals surface area contributed by atoms with Gasteiger partial charge in [0.1, 0.15) is 0 Å². The molecule has 1 aromatic heterocycles. The van der Waals surface area contributed by atoms with Crippen molar-refractivity contribution in [2.24, 2.45) is 5.92 Å². The third-order valence-electron chi connectivity index (χ3n) is 4.84. The average molecular weight is 387 g/mol. The Morgan fingerprint density at radius 1 is 1.30 bits per heavy atom. The van der Waals surface area contributed by atoms with Crippen molar-refractivity contribution in [2.45, 2.75) is 39.5 Å². The molecule has 3 rings (SSSR count). The Labute approximate surface area is 164 Å². The molecule has 144 valence electrons. The van der Waals surface area contributed by atoms with Gasteiger partial charge < -0.3 is 15.4 Å². The molecule has 2 amide bonds. The van der Waals surface area contributed by atoms with Crippen molar-refractivity contribution < 1.29 is 14.3 Å². The minimum absolute atomic E-state index is 0.295. The number of esters is 1. The quantitative estimate of drug-likeness (QED) is 0.723. The van der Waals surface area contributed by atoms with Gasteiger partial charge in [0, 0.05) is 11.4 Å². The topological polar surface area (TPSA) is 67.4 Å². The summed E-state index contributed by atoms with van der Waals surface area (Å²) in [6.07, 6.45) is 4.40. The molecule has 1 atom stereocenters. The molecule has 2 aromatic rings. The molecule has 5 nitrogen and oxygen atoms in total. The van der Waals surface area contributed by atoms with E-state index >= 15 is 0 Å². The molecule has 1 aliphatic carbocycles. The Morgan fingerprint density at radius 2 is 2.11 bits per heavy atom. The molecule has 1 aliphatic rings. The van der Waals surface area contributed by atoms with Crippen LogP contribution >= 0.6 is 11.3 Å². The second-order valence-electron chi connectivity index (χ2n) is 6.91. The fraction of sp³-hybridized carbons (Fsp3) is 0.429. The van der Waals surface area contributed by atoms with Crippen LogP contribution in [0, 0.1) is 5.92 Å². The number of hydrogen-bond acceptors (Lipinski definition) is 4. The first-order valence-electron chi connectivity index (χ1n) is 9.47. The van der Waals surface area contributed by atoms with Crippen molar-refractivity contribution in [2.75, 3.05) is 18.5 Å². The Kier molecular flexibility index (Phi) is 6.50. The van der Waals surface area contributed by atoms with Crippen LogP contribution < -0.4 is 10.6 Å². The summed E-state index contributed by atoms with van der Waals surface area (Å²) in [5.41, 5.74) is 3.66. The van der Waals surface area contributed by atoms with E-state index in [1.54, 1.807) is 31.2 Å². The van der Waals surface area contributed by atoms with Crippen LogP contribution in [0.5, 0.6) is 0 Å². The van der Waals surface area contributed by atoms with Gasteiger partial charge >= 0.3 is 12.0 Å². The maximum absolute atomic E-state index is 12.2. The van der Waals surface area contributed by atoms with Gasteiger partial charge in [-0.1, -0.05) is 19.1 Å². The molecule has 2 N–H and O–H groups in total. The van der Waals surface area contributed by atoms with Crippen molar-refractivity contribution in [1.29, 1.82) is 0 Å². The minimum atomic E-state index is -0.437. The van der Waals surface area contributed by atoms with E-state index in [9.17, 15) is 9.59 Å². The maximum atomic E-state index is 12.2. The Bertz CT molecular complexity index is 816. The lowest BCUT2D eigenvalue weighted by Gasteiger charge is -2.19. The van der Waals surface area contributed by atoms with Gasteiger partial charge in [0.2, 0.25) is 0 Å². The fourth-order valence-electron chi connectivity index (χ4n) is 3.41. The number of carbonyl (C=O) groups is 2. The molecule has 0 bridgehead atoms. The zero-order valence-corrected chi connectivity index (χ0v) is 16.7. The number of fused-ring (bicyclic) bond motifs is 1. The fourth-order valence-corrected chi connectivity index (χ4v) is 4.71. The summed E-state index contributed by atoms with van der Waals surface area (Å²) in [5, 5.41) is 7.87. The van der Waals surface area contributed by atoms with Crippen molar-refractivity contribution in [1.82, 2.24) is 5.32 Å². The third kappa shape index (κ3) is 4.89. The monoisotopic (exact) mass is 386 g/mol. The molecule has 0 aliphatic heterocycles. The predicted octanol–water partition coefficient (Wildman–Crippen LogP) is 4.41. The second-order valence-corrected chi connectivity index (χ2v) is 7.87. The van der Waals surface area contributed by atoms with Gasteiger partial charge in [-0.3, -0.25) is 0 Å². The standard InChI is InChI=1S/C21H26N2O3S/c1-3-26-20(24)17-6-4-5-7-18(17)23-21(25)22-11-10-15-13-27-19-12-14(2)8-9-16(15)19/h4-7,13-14H,3,8-12H2,1-2H3,(H2,22,23,25)/t14-/m0/s1. The largest absolute Gasteiger partial charge is 0.462 e. The number of rotatable bonds is 6. The first kappa shape index (κ1) is 19.4. The van der Waals surface area contributed by atoms with Crippen molar-refractivity contribution in [3.8, 4) is 0 Å². The van der Waals surface area contributed by atoms with Gasteiger partial charge in [-0.05, 0) is 67.2 Å². The highest BCUT2D eigenvalue weighted by molar-refractivity contribution is 7.10. The number of thiophene rings is 1. The second kappa shape index (κ2) is 9.04. The van der Waals surface area contributed by atoms with E-state index in [2.05, 4.69) is 22.9 Å². The van der Waals surface area contributed by atoms with Gasteiger partial charge in [-0.25, -0.2) is 9.59 Å². The number of nitrogens with one attached hydrogen (secondary N) is 2. The van der Waals surface area contributed by atoms with E-state index in [4.69, 9.17) is 4.74 Å². The third-order valence-corrected chi connectivity index (χ3v) is 5.94. The molecule has 0 saturated carbocycles. The highest BCUT2D eigenvalue weighted by Crippen LogP contribution is 2.32. The van der Waals surface area contributed by atoms with Gasteiger partial charge in [0.15, 0.2) is 0 Å². The number of benzene rings is 1. The minimum Gasteiger partial charge on any atom is -0.462 e. The number of amides is 2. The van der Waals surface area contributed by atoms with Crippen LogP contribution in [0.15, 0.2) is 29.6 Å². The highest BCUT2D eigenvalue weighted by atomic mass is 32.1. The van der Waals surface area contributed by atoms with Crippen LogP contribution in [0.2, 0.25) is 0 Å². The lowest BCUT2D eigenvalue weighted by Crippen LogP contribution is -2.31. The molecule has 0 unspecified atom stereocenters. The maximum Gasteiger partial charge on any atom is 0.340 e. The summed E-state index contributed by atoms with van der Waals surface area (Å²) < 4.78 is 5.03. The molecule has 0 saturated heterocycles. The summed E-state index contributed by atoms with van der Waals surface area (Å²) in [6, 6.07) is 6.55. The number of para-hydroxylation sites is 1. The van der Waals surface area contributed by atoms with Crippen LogP contribution in [-0.2, 0) is 24.0 Å². The van der Waals surface area contributed by atoms with E-state index in [0.717, 1.165) is 18.8 Å². The zero-order valence-electron chi connectivity index (χ0n) is 15.8. The molecule has 27 heavy (non-hydrogen) atoms. The number of hydrogen-bond donors (Lipinski definition) is 2. The van der Waals surface area contributed by atoms with Crippen molar-refractivity contribution in [3.63, 3.8) is 0 Å². The van der Waals surface area contributed by atoms with Crippen LogP contribution in [0.3, 0.4) is 0 Å². The van der Waals surface area contributed by atoms with E-state index in [-0.39, 0.29) is 6.03 Å². The van der Waals surface area contributed by atoms with E-state index < -0.39 is 5.97 Å². The van der Waals surface area contributed by atoms with Gasteiger partial charge in [-0.2, -0.15) is 0 Å². The molecule has 1 aromatic carbocycles. The lowest BCUT2D eigenvalue weighted by atomic mass is 9.88.